The van der Waals surface area contributed by atoms with E-state index in [2.05, 4.69) is 5.16 Å². The number of hydrogen-bond acceptors (Lipinski definition) is 6. The lowest BCUT2D eigenvalue weighted by atomic mass is 10.1. The van der Waals surface area contributed by atoms with E-state index in [4.69, 9.17) is 23.8 Å². The molecule has 0 atom stereocenters. The summed E-state index contributed by atoms with van der Waals surface area (Å²) in [5.41, 5.74) is 1.01. The first-order valence-electron chi connectivity index (χ1n) is 5.37. The van der Waals surface area contributed by atoms with Gasteiger partial charge in [0.05, 0.1) is 7.11 Å². The summed E-state index contributed by atoms with van der Waals surface area (Å²) >= 11 is 0. The van der Waals surface area contributed by atoms with Gasteiger partial charge in [-0.15, -0.1) is 0 Å². The maximum atomic E-state index is 10.8. The highest BCUT2D eigenvalue weighted by molar-refractivity contribution is 5.86. The number of rotatable bonds is 3. The molecule has 2 heterocycles. The number of fused-ring (bicyclic) bond motifs is 1. The normalized spacial score (nSPS) is 12.5. The number of benzene rings is 1. The van der Waals surface area contributed by atoms with Gasteiger partial charge in [-0.05, 0) is 12.1 Å². The van der Waals surface area contributed by atoms with Crippen molar-refractivity contribution in [3.63, 3.8) is 0 Å². The maximum Gasteiger partial charge on any atom is 0.374 e. The number of hydrogen-bond donors (Lipinski definition) is 1. The lowest BCUT2D eigenvalue weighted by molar-refractivity contribution is 0.0652. The van der Waals surface area contributed by atoms with E-state index in [9.17, 15) is 4.79 Å². The van der Waals surface area contributed by atoms with E-state index in [0.29, 0.717) is 28.5 Å². The van der Waals surface area contributed by atoms with Crippen LogP contribution in [0, 0.1) is 0 Å². The molecular formula is C12H9NO6. The number of carboxylic acids is 1. The number of methoxy groups -OCH3 is 1. The molecule has 19 heavy (non-hydrogen) atoms. The quantitative estimate of drug-likeness (QED) is 0.902. The lowest BCUT2D eigenvalue weighted by Gasteiger charge is -2.06. The monoisotopic (exact) mass is 263 g/mol. The Morgan fingerprint density at radius 1 is 1.37 bits per heavy atom. The van der Waals surface area contributed by atoms with Crippen molar-refractivity contribution in [2.75, 3.05) is 13.9 Å². The molecule has 0 spiro atoms. The second kappa shape index (κ2) is 4.20. The molecule has 0 saturated heterocycles. The van der Waals surface area contributed by atoms with Crippen molar-refractivity contribution in [3.8, 4) is 28.5 Å². The van der Waals surface area contributed by atoms with Gasteiger partial charge < -0.3 is 23.8 Å². The van der Waals surface area contributed by atoms with Crippen LogP contribution in [0.2, 0.25) is 0 Å². The van der Waals surface area contributed by atoms with Crippen molar-refractivity contribution in [1.82, 2.24) is 5.16 Å². The van der Waals surface area contributed by atoms with Crippen LogP contribution in [0.4, 0.5) is 0 Å². The number of carboxylic acid groups (broad SMARTS) is 1. The molecule has 7 nitrogen and oxygen atoms in total. The van der Waals surface area contributed by atoms with E-state index in [1.165, 1.54) is 13.2 Å². The largest absolute Gasteiger partial charge is 0.493 e. The van der Waals surface area contributed by atoms with Gasteiger partial charge in [-0.3, -0.25) is 0 Å². The van der Waals surface area contributed by atoms with Gasteiger partial charge in [0.15, 0.2) is 11.5 Å². The molecule has 2 aromatic rings. The molecule has 7 heteroatoms. The summed E-state index contributed by atoms with van der Waals surface area (Å²) in [6.45, 7) is 0.119. The number of carbonyl (C=O) groups is 1. The van der Waals surface area contributed by atoms with Crippen LogP contribution in [0.15, 0.2) is 22.7 Å². The third kappa shape index (κ3) is 1.85. The molecule has 98 valence electrons. The molecule has 0 bridgehead atoms. The number of aromatic nitrogens is 1. The average Bonchev–Trinajstić information content (AvgIpc) is 3.05. The summed E-state index contributed by atoms with van der Waals surface area (Å²) < 4.78 is 20.5. The van der Waals surface area contributed by atoms with Gasteiger partial charge in [0.2, 0.25) is 18.3 Å². The second-order valence-electron chi connectivity index (χ2n) is 3.79. The van der Waals surface area contributed by atoms with Gasteiger partial charge in [0, 0.05) is 11.6 Å². The maximum absolute atomic E-state index is 10.8. The average molecular weight is 263 g/mol. The smallest absolute Gasteiger partial charge is 0.374 e. The predicted octanol–water partition coefficient (Wildman–Crippen LogP) is 1.78. The van der Waals surface area contributed by atoms with E-state index in [0.717, 1.165) is 0 Å². The zero-order valence-electron chi connectivity index (χ0n) is 9.87. The van der Waals surface area contributed by atoms with E-state index < -0.39 is 5.97 Å². The van der Waals surface area contributed by atoms with Crippen LogP contribution in [-0.4, -0.2) is 30.1 Å². The zero-order valence-corrected chi connectivity index (χ0v) is 9.87. The van der Waals surface area contributed by atoms with Gasteiger partial charge in [0.1, 0.15) is 5.69 Å². The molecule has 1 N–H and O–H groups in total. The Kier molecular flexibility index (Phi) is 2.52. The van der Waals surface area contributed by atoms with Crippen molar-refractivity contribution >= 4 is 5.97 Å². The summed E-state index contributed by atoms with van der Waals surface area (Å²) in [5.74, 6) is 0.130. The summed E-state index contributed by atoms with van der Waals surface area (Å²) in [4.78, 5) is 10.8. The van der Waals surface area contributed by atoms with Crippen molar-refractivity contribution in [3.05, 3.63) is 24.0 Å². The minimum Gasteiger partial charge on any atom is -0.493 e. The molecular weight excluding hydrogens is 254 g/mol. The van der Waals surface area contributed by atoms with Crippen LogP contribution in [0.3, 0.4) is 0 Å². The van der Waals surface area contributed by atoms with E-state index in [1.807, 2.05) is 0 Å². The van der Waals surface area contributed by atoms with Crippen LogP contribution < -0.4 is 14.2 Å². The second-order valence-corrected chi connectivity index (χ2v) is 3.79. The Labute approximate surface area is 107 Å². The Morgan fingerprint density at radius 2 is 2.21 bits per heavy atom. The Morgan fingerprint density at radius 3 is 2.89 bits per heavy atom. The first-order chi connectivity index (χ1) is 9.19. The van der Waals surface area contributed by atoms with Crippen molar-refractivity contribution in [2.45, 2.75) is 0 Å². The van der Waals surface area contributed by atoms with Crippen LogP contribution in [0.25, 0.3) is 11.3 Å². The number of ether oxygens (including phenoxy) is 3. The van der Waals surface area contributed by atoms with Crippen molar-refractivity contribution in [1.29, 1.82) is 0 Å². The molecule has 0 radical (unpaired) electrons. The zero-order chi connectivity index (χ0) is 13.4. The van der Waals surface area contributed by atoms with E-state index in [1.54, 1.807) is 12.1 Å². The van der Waals surface area contributed by atoms with Gasteiger partial charge in [-0.1, -0.05) is 5.16 Å². The molecule has 1 aliphatic rings. The number of aromatic carboxylic acids is 1. The molecule has 1 aromatic carbocycles. The molecule has 0 unspecified atom stereocenters. The van der Waals surface area contributed by atoms with Gasteiger partial charge in [0.25, 0.3) is 0 Å². The fourth-order valence-electron chi connectivity index (χ4n) is 1.79. The summed E-state index contributed by atoms with van der Waals surface area (Å²) in [7, 11) is 1.51. The Bertz CT molecular complexity index is 648. The standard InChI is InChI=1S/C12H9NO6/c1-16-8-2-6(3-9-11(8)18-5-17-9)7-4-10(12(14)15)19-13-7/h2-4H,5H2,1H3,(H,14,15). The first-order valence-corrected chi connectivity index (χ1v) is 5.37. The van der Waals surface area contributed by atoms with Gasteiger partial charge in [-0.2, -0.15) is 0 Å². The molecule has 0 saturated carbocycles. The third-order valence-electron chi connectivity index (χ3n) is 2.68. The van der Waals surface area contributed by atoms with Gasteiger partial charge >= 0.3 is 5.97 Å². The van der Waals surface area contributed by atoms with Crippen LogP contribution >= 0.6 is 0 Å². The van der Waals surface area contributed by atoms with Crippen LogP contribution in [-0.2, 0) is 0 Å². The topological polar surface area (TPSA) is 91.0 Å². The fraction of sp³-hybridized carbons (Fsp3) is 0.167. The molecule has 0 amide bonds. The van der Waals surface area contributed by atoms with Crippen molar-refractivity contribution in [2.24, 2.45) is 0 Å². The summed E-state index contributed by atoms with van der Waals surface area (Å²) in [6.07, 6.45) is 0. The Balaban J connectivity index is 2.07. The number of nitrogens with zero attached hydrogens (tertiary/aromatic N) is 1. The first kappa shape index (κ1) is 11.4. The van der Waals surface area contributed by atoms with E-state index >= 15 is 0 Å². The lowest BCUT2D eigenvalue weighted by Crippen LogP contribution is -1.93. The highest BCUT2D eigenvalue weighted by atomic mass is 16.7. The van der Waals surface area contributed by atoms with Gasteiger partial charge in [-0.25, -0.2) is 4.79 Å². The third-order valence-corrected chi connectivity index (χ3v) is 2.68. The summed E-state index contributed by atoms with van der Waals surface area (Å²) in [5, 5.41) is 12.5. The Hall–Kier alpha value is -2.70. The minimum atomic E-state index is -1.17. The van der Waals surface area contributed by atoms with Crippen LogP contribution in [0.5, 0.6) is 17.2 Å². The molecule has 0 aliphatic carbocycles. The highest BCUT2D eigenvalue weighted by Gasteiger charge is 2.22. The highest BCUT2D eigenvalue weighted by Crippen LogP contribution is 2.44. The SMILES string of the molecule is COc1cc(-c2cc(C(=O)O)on2)cc2c1OCO2. The van der Waals surface area contributed by atoms with Crippen LogP contribution in [0.1, 0.15) is 10.6 Å². The predicted molar refractivity (Wildman–Crippen MR) is 61.6 cm³/mol. The molecule has 3 rings (SSSR count). The van der Waals surface area contributed by atoms with E-state index in [-0.39, 0.29) is 12.6 Å². The minimum absolute atomic E-state index is 0.119. The fourth-order valence-corrected chi connectivity index (χ4v) is 1.79. The summed E-state index contributed by atoms with van der Waals surface area (Å²) in [6, 6.07) is 4.70. The molecule has 0 fully saturated rings. The molecule has 1 aliphatic heterocycles. The molecule has 1 aromatic heterocycles. The van der Waals surface area contributed by atoms with Crippen molar-refractivity contribution < 1.29 is 28.6 Å².